The maximum absolute atomic E-state index is 13.6. The lowest BCUT2D eigenvalue weighted by molar-refractivity contribution is 0.0462. The average molecular weight is 427 g/mol. The van der Waals surface area contributed by atoms with E-state index in [-0.39, 0.29) is 18.0 Å². The number of amides is 2. The molecule has 0 unspecified atom stereocenters. The number of ether oxygens (including phenoxy) is 1. The first-order chi connectivity index (χ1) is 14.5. The van der Waals surface area contributed by atoms with Gasteiger partial charge in [0.05, 0.1) is 6.04 Å². The van der Waals surface area contributed by atoms with Crippen LogP contribution >= 0.6 is 0 Å². The number of carbonyl (C=O) groups is 2. The summed E-state index contributed by atoms with van der Waals surface area (Å²) in [6.07, 6.45) is 2.43. The lowest BCUT2D eigenvalue weighted by atomic mass is 9.86. The van der Waals surface area contributed by atoms with Gasteiger partial charge in [-0.2, -0.15) is 5.10 Å². The first-order valence-electron chi connectivity index (χ1n) is 10.9. The SMILES string of the molecule is Cc1cc(C(=O)N(C[C@@H](C)NC(=O)OC(C)(C)C)[C@@H]2CCCc3ccccc32)nn1C. The molecule has 1 heterocycles. The Morgan fingerprint density at radius 2 is 2.03 bits per heavy atom. The van der Waals surface area contributed by atoms with E-state index in [0.29, 0.717) is 12.2 Å². The van der Waals surface area contributed by atoms with Crippen molar-refractivity contribution in [1.82, 2.24) is 20.0 Å². The van der Waals surface area contributed by atoms with Gasteiger partial charge in [0.2, 0.25) is 0 Å². The summed E-state index contributed by atoms with van der Waals surface area (Å²) < 4.78 is 7.10. The second kappa shape index (κ2) is 9.12. The van der Waals surface area contributed by atoms with Crippen LogP contribution in [0.3, 0.4) is 0 Å². The predicted octanol–water partition coefficient (Wildman–Crippen LogP) is 4.16. The Morgan fingerprint density at radius 3 is 2.68 bits per heavy atom. The highest BCUT2D eigenvalue weighted by Crippen LogP contribution is 2.35. The Bertz CT molecular complexity index is 925. The Labute approximate surface area is 184 Å². The number of fused-ring (bicyclic) bond motifs is 1. The maximum atomic E-state index is 13.6. The normalized spacial score (nSPS) is 16.9. The highest BCUT2D eigenvalue weighted by molar-refractivity contribution is 5.93. The molecular weight excluding hydrogens is 392 g/mol. The first-order valence-corrected chi connectivity index (χ1v) is 10.9. The van der Waals surface area contributed by atoms with E-state index >= 15 is 0 Å². The molecule has 0 saturated carbocycles. The Hall–Kier alpha value is -2.83. The van der Waals surface area contributed by atoms with Crippen molar-refractivity contribution >= 4 is 12.0 Å². The van der Waals surface area contributed by atoms with E-state index in [9.17, 15) is 9.59 Å². The lowest BCUT2D eigenvalue weighted by Gasteiger charge is -2.37. The molecule has 2 aromatic rings. The third-order valence-electron chi connectivity index (χ3n) is 5.54. The molecular formula is C24H34N4O3. The van der Waals surface area contributed by atoms with Gasteiger partial charge in [-0.15, -0.1) is 0 Å². The van der Waals surface area contributed by atoms with Crippen LogP contribution in [0.1, 0.15) is 73.9 Å². The zero-order chi connectivity index (χ0) is 22.8. The number of benzene rings is 1. The second-order valence-corrected chi connectivity index (χ2v) is 9.41. The smallest absolute Gasteiger partial charge is 0.407 e. The van der Waals surface area contributed by atoms with Crippen LogP contribution in [0.15, 0.2) is 30.3 Å². The van der Waals surface area contributed by atoms with Gasteiger partial charge in [-0.25, -0.2) is 4.79 Å². The maximum Gasteiger partial charge on any atom is 0.407 e. The van der Waals surface area contributed by atoms with Crippen LogP contribution in [0.5, 0.6) is 0 Å². The van der Waals surface area contributed by atoms with Crippen LogP contribution in [0.4, 0.5) is 4.79 Å². The van der Waals surface area contributed by atoms with Gasteiger partial charge in [-0.3, -0.25) is 9.48 Å². The molecule has 7 heteroatoms. The zero-order valence-corrected chi connectivity index (χ0v) is 19.4. The zero-order valence-electron chi connectivity index (χ0n) is 19.4. The molecule has 7 nitrogen and oxygen atoms in total. The van der Waals surface area contributed by atoms with Crippen molar-refractivity contribution in [3.63, 3.8) is 0 Å². The van der Waals surface area contributed by atoms with E-state index in [1.165, 1.54) is 11.1 Å². The summed E-state index contributed by atoms with van der Waals surface area (Å²) in [4.78, 5) is 27.7. The molecule has 1 aliphatic carbocycles. The standard InChI is InChI=1S/C24H34N4O3/c1-16(25-23(30)31-24(3,4)5)15-28(22(29)20-14-17(2)27(6)26-20)21-13-9-11-18-10-7-8-12-19(18)21/h7-8,10,12,14,16,21H,9,11,13,15H2,1-6H3,(H,25,30)/t16-,21-/m1/s1. The van der Waals surface area contributed by atoms with E-state index in [4.69, 9.17) is 4.74 Å². The van der Waals surface area contributed by atoms with Crippen LogP contribution in [0, 0.1) is 6.92 Å². The van der Waals surface area contributed by atoms with E-state index < -0.39 is 11.7 Å². The molecule has 168 valence electrons. The third kappa shape index (κ3) is 5.66. The molecule has 0 spiro atoms. The van der Waals surface area contributed by atoms with Crippen LogP contribution in [-0.4, -0.2) is 44.9 Å². The highest BCUT2D eigenvalue weighted by atomic mass is 16.6. The van der Waals surface area contributed by atoms with Crippen LogP contribution < -0.4 is 5.32 Å². The topological polar surface area (TPSA) is 76.5 Å². The number of rotatable bonds is 5. The number of alkyl carbamates (subject to hydrolysis) is 1. The molecule has 0 aliphatic heterocycles. The molecule has 3 rings (SSSR count). The van der Waals surface area contributed by atoms with Gasteiger partial charge in [-0.1, -0.05) is 24.3 Å². The van der Waals surface area contributed by atoms with Crippen molar-refractivity contribution in [3.05, 3.63) is 52.8 Å². The van der Waals surface area contributed by atoms with Gasteiger partial charge in [-0.05, 0) is 71.1 Å². The number of hydrogen-bond donors (Lipinski definition) is 1. The number of nitrogens with zero attached hydrogens (tertiary/aromatic N) is 3. The molecule has 0 saturated heterocycles. The fourth-order valence-electron chi connectivity index (χ4n) is 4.07. The van der Waals surface area contributed by atoms with E-state index in [1.807, 2.05) is 64.8 Å². The summed E-state index contributed by atoms with van der Waals surface area (Å²) in [5, 5.41) is 7.28. The van der Waals surface area contributed by atoms with E-state index in [2.05, 4.69) is 22.5 Å². The monoisotopic (exact) mass is 426 g/mol. The Balaban J connectivity index is 1.86. The molecule has 1 aliphatic rings. The quantitative estimate of drug-likeness (QED) is 0.779. The summed E-state index contributed by atoms with van der Waals surface area (Å²) in [5.41, 5.74) is 3.23. The number of carbonyl (C=O) groups excluding carboxylic acids is 2. The second-order valence-electron chi connectivity index (χ2n) is 9.41. The molecule has 2 atom stereocenters. The molecule has 31 heavy (non-hydrogen) atoms. The van der Waals surface area contributed by atoms with Crippen LogP contribution in [0.2, 0.25) is 0 Å². The average Bonchev–Trinajstić information content (AvgIpc) is 3.02. The Morgan fingerprint density at radius 1 is 1.32 bits per heavy atom. The molecule has 1 aromatic heterocycles. The van der Waals surface area contributed by atoms with Crippen molar-refractivity contribution in [1.29, 1.82) is 0 Å². The van der Waals surface area contributed by atoms with E-state index in [0.717, 1.165) is 25.0 Å². The molecule has 0 fully saturated rings. The molecule has 1 aromatic carbocycles. The van der Waals surface area contributed by atoms with Gasteiger partial charge in [0.15, 0.2) is 5.69 Å². The van der Waals surface area contributed by atoms with Gasteiger partial charge in [0, 0.05) is 25.3 Å². The lowest BCUT2D eigenvalue weighted by Crippen LogP contribution is -2.47. The fourth-order valence-corrected chi connectivity index (χ4v) is 4.07. The minimum atomic E-state index is -0.576. The summed E-state index contributed by atoms with van der Waals surface area (Å²) >= 11 is 0. The Kier molecular flexibility index (Phi) is 6.72. The van der Waals surface area contributed by atoms with Crippen LogP contribution in [0.25, 0.3) is 0 Å². The minimum absolute atomic E-state index is 0.0531. The van der Waals surface area contributed by atoms with Gasteiger partial charge in [0.25, 0.3) is 5.91 Å². The number of aryl methyl sites for hydroxylation is 3. The molecule has 2 amide bonds. The fraction of sp³-hybridized carbons (Fsp3) is 0.542. The largest absolute Gasteiger partial charge is 0.444 e. The number of hydrogen-bond acceptors (Lipinski definition) is 4. The number of aromatic nitrogens is 2. The first kappa shape index (κ1) is 22.8. The third-order valence-corrected chi connectivity index (χ3v) is 5.54. The summed E-state index contributed by atoms with van der Waals surface area (Å²) in [5.74, 6) is -0.122. The van der Waals surface area contributed by atoms with Gasteiger partial charge < -0.3 is 15.0 Å². The minimum Gasteiger partial charge on any atom is -0.444 e. The summed E-state index contributed by atoms with van der Waals surface area (Å²) in [7, 11) is 1.83. The van der Waals surface area contributed by atoms with Crippen molar-refractivity contribution in [3.8, 4) is 0 Å². The molecule has 1 N–H and O–H groups in total. The van der Waals surface area contributed by atoms with Gasteiger partial charge >= 0.3 is 6.09 Å². The van der Waals surface area contributed by atoms with E-state index in [1.54, 1.807) is 4.68 Å². The molecule has 0 bridgehead atoms. The van der Waals surface area contributed by atoms with Crippen molar-refractivity contribution in [2.45, 2.75) is 71.6 Å². The van der Waals surface area contributed by atoms with Gasteiger partial charge in [0.1, 0.15) is 5.60 Å². The summed E-state index contributed by atoms with van der Waals surface area (Å²) in [6, 6.07) is 9.79. The van der Waals surface area contributed by atoms with Crippen molar-refractivity contribution < 1.29 is 14.3 Å². The molecule has 0 radical (unpaired) electrons. The predicted molar refractivity (Wildman–Crippen MR) is 120 cm³/mol. The highest BCUT2D eigenvalue weighted by Gasteiger charge is 2.32. The summed E-state index contributed by atoms with van der Waals surface area (Å²) in [6.45, 7) is 9.67. The number of nitrogens with one attached hydrogen (secondary N) is 1. The van der Waals surface area contributed by atoms with Crippen LogP contribution in [-0.2, 0) is 18.2 Å². The van der Waals surface area contributed by atoms with Crippen molar-refractivity contribution in [2.24, 2.45) is 7.05 Å². The van der Waals surface area contributed by atoms with Crippen molar-refractivity contribution in [2.75, 3.05) is 6.54 Å².